The molecule has 5 heteroatoms. The third kappa shape index (κ3) is 1.62. The van der Waals surface area contributed by atoms with E-state index in [1.165, 1.54) is 14.2 Å². The SMILES string of the molecule is COC(=O)c1c(C(=O)OC)n2c3c(cccc13)CCC2. The fourth-order valence-electron chi connectivity index (χ4n) is 2.96. The van der Waals surface area contributed by atoms with Gasteiger partial charge in [0.25, 0.3) is 0 Å². The summed E-state index contributed by atoms with van der Waals surface area (Å²) in [4.78, 5) is 24.2. The van der Waals surface area contributed by atoms with Crippen molar-refractivity contribution >= 4 is 22.8 Å². The Bertz CT molecular complexity index is 714. The molecular weight excluding hydrogens is 258 g/mol. The number of aryl methyl sites for hydroxylation is 2. The van der Waals surface area contributed by atoms with Crippen LogP contribution in [0, 0.1) is 0 Å². The lowest BCUT2D eigenvalue weighted by Gasteiger charge is -2.16. The summed E-state index contributed by atoms with van der Waals surface area (Å²) in [6.45, 7) is 0.703. The molecule has 1 aliphatic heterocycles. The second-order valence-electron chi connectivity index (χ2n) is 4.78. The van der Waals surface area contributed by atoms with Gasteiger partial charge in [0.15, 0.2) is 0 Å². The van der Waals surface area contributed by atoms with Crippen molar-refractivity contribution < 1.29 is 19.1 Å². The number of ether oxygens (including phenoxy) is 2. The maximum atomic E-state index is 12.1. The minimum absolute atomic E-state index is 0.293. The van der Waals surface area contributed by atoms with E-state index in [0.717, 1.165) is 29.3 Å². The molecule has 5 nitrogen and oxygen atoms in total. The predicted octanol–water partition coefficient (Wildman–Crippen LogP) is 2.16. The van der Waals surface area contributed by atoms with Gasteiger partial charge in [0.2, 0.25) is 0 Å². The van der Waals surface area contributed by atoms with Crippen LogP contribution in [0.1, 0.15) is 32.8 Å². The molecule has 2 heterocycles. The zero-order valence-corrected chi connectivity index (χ0v) is 11.4. The van der Waals surface area contributed by atoms with Crippen molar-refractivity contribution in [3.8, 4) is 0 Å². The largest absolute Gasteiger partial charge is 0.465 e. The Balaban J connectivity index is 2.43. The first kappa shape index (κ1) is 12.7. The molecule has 104 valence electrons. The maximum Gasteiger partial charge on any atom is 0.355 e. The number of esters is 2. The van der Waals surface area contributed by atoms with Crippen molar-refractivity contribution in [1.29, 1.82) is 0 Å². The molecule has 2 aromatic rings. The number of aromatic nitrogens is 1. The summed E-state index contributed by atoms with van der Waals surface area (Å²) < 4.78 is 11.6. The lowest BCUT2D eigenvalue weighted by atomic mass is 10.0. The molecule has 0 bridgehead atoms. The molecule has 0 atom stereocenters. The van der Waals surface area contributed by atoms with Gasteiger partial charge in [-0.1, -0.05) is 18.2 Å². The van der Waals surface area contributed by atoms with E-state index in [-0.39, 0.29) is 0 Å². The molecule has 0 N–H and O–H groups in total. The second kappa shape index (κ2) is 4.67. The van der Waals surface area contributed by atoms with Crippen LogP contribution in [0.15, 0.2) is 18.2 Å². The lowest BCUT2D eigenvalue weighted by molar-refractivity contribution is 0.0548. The van der Waals surface area contributed by atoms with Crippen molar-refractivity contribution in [1.82, 2.24) is 4.57 Å². The van der Waals surface area contributed by atoms with E-state index >= 15 is 0 Å². The van der Waals surface area contributed by atoms with Crippen molar-refractivity contribution in [3.63, 3.8) is 0 Å². The summed E-state index contributed by atoms with van der Waals surface area (Å²) in [5, 5.41) is 0.759. The number of benzene rings is 1. The van der Waals surface area contributed by atoms with Gasteiger partial charge in [-0.05, 0) is 18.4 Å². The van der Waals surface area contributed by atoms with Crippen LogP contribution in [0.25, 0.3) is 10.9 Å². The molecule has 0 amide bonds. The van der Waals surface area contributed by atoms with Crippen LogP contribution in [0.4, 0.5) is 0 Å². The van der Waals surface area contributed by atoms with Crippen LogP contribution in [0.5, 0.6) is 0 Å². The molecule has 0 spiro atoms. The molecule has 1 aliphatic rings. The first-order valence-corrected chi connectivity index (χ1v) is 6.49. The number of methoxy groups -OCH3 is 2. The molecule has 20 heavy (non-hydrogen) atoms. The van der Waals surface area contributed by atoms with E-state index in [2.05, 4.69) is 0 Å². The minimum atomic E-state index is -0.506. The Morgan fingerprint density at radius 2 is 1.90 bits per heavy atom. The summed E-state index contributed by atoms with van der Waals surface area (Å²) in [6.07, 6.45) is 1.88. The summed E-state index contributed by atoms with van der Waals surface area (Å²) in [6, 6.07) is 5.78. The third-order valence-electron chi connectivity index (χ3n) is 3.76. The fourth-order valence-corrected chi connectivity index (χ4v) is 2.96. The van der Waals surface area contributed by atoms with Crippen LogP contribution in [0.2, 0.25) is 0 Å². The first-order chi connectivity index (χ1) is 9.69. The predicted molar refractivity (Wildman–Crippen MR) is 72.9 cm³/mol. The van der Waals surface area contributed by atoms with Gasteiger partial charge in [-0.2, -0.15) is 0 Å². The summed E-state index contributed by atoms with van der Waals surface area (Å²) >= 11 is 0. The molecule has 0 aliphatic carbocycles. The number of nitrogens with zero attached hydrogens (tertiary/aromatic N) is 1. The van der Waals surface area contributed by atoms with Crippen molar-refractivity contribution in [2.24, 2.45) is 0 Å². The van der Waals surface area contributed by atoms with Crippen LogP contribution in [-0.4, -0.2) is 30.7 Å². The zero-order valence-electron chi connectivity index (χ0n) is 11.4. The van der Waals surface area contributed by atoms with Crippen LogP contribution in [-0.2, 0) is 22.4 Å². The quantitative estimate of drug-likeness (QED) is 0.787. The highest BCUT2D eigenvalue weighted by Gasteiger charge is 2.30. The van der Waals surface area contributed by atoms with Crippen molar-refractivity contribution in [2.75, 3.05) is 14.2 Å². The van der Waals surface area contributed by atoms with Gasteiger partial charge in [0.1, 0.15) is 11.3 Å². The average Bonchev–Trinajstić information content (AvgIpc) is 2.83. The topological polar surface area (TPSA) is 57.5 Å². The molecule has 1 aromatic heterocycles. The van der Waals surface area contributed by atoms with Gasteiger partial charge in [0.05, 0.1) is 19.7 Å². The second-order valence-corrected chi connectivity index (χ2v) is 4.78. The Kier molecular flexibility index (Phi) is 2.97. The van der Waals surface area contributed by atoms with Gasteiger partial charge in [-0.25, -0.2) is 9.59 Å². The normalized spacial score (nSPS) is 13.3. The number of rotatable bonds is 2. The van der Waals surface area contributed by atoms with Crippen LogP contribution < -0.4 is 0 Å². The molecule has 0 saturated heterocycles. The molecule has 0 unspecified atom stereocenters. The fraction of sp³-hybridized carbons (Fsp3) is 0.333. The maximum absolute atomic E-state index is 12.1. The summed E-state index contributed by atoms with van der Waals surface area (Å²) in [5.41, 5.74) is 2.69. The van der Waals surface area contributed by atoms with Gasteiger partial charge in [-0.3, -0.25) is 0 Å². The van der Waals surface area contributed by atoms with Gasteiger partial charge in [-0.15, -0.1) is 0 Å². The highest BCUT2D eigenvalue weighted by molar-refractivity contribution is 6.13. The minimum Gasteiger partial charge on any atom is -0.465 e. The van der Waals surface area contributed by atoms with Gasteiger partial charge in [0, 0.05) is 11.9 Å². The molecule has 1 aromatic carbocycles. The molecule has 0 radical (unpaired) electrons. The van der Waals surface area contributed by atoms with E-state index in [1.807, 2.05) is 22.8 Å². The monoisotopic (exact) mass is 273 g/mol. The number of carbonyl (C=O) groups is 2. The number of para-hydroxylation sites is 1. The molecular formula is C15H15NO4. The standard InChI is InChI=1S/C15H15NO4/c1-19-14(17)11-10-7-3-5-9-6-4-8-16(12(9)10)13(11)15(18)20-2/h3,5,7H,4,6,8H2,1-2H3. The molecule has 0 saturated carbocycles. The Hall–Kier alpha value is -2.30. The van der Waals surface area contributed by atoms with Gasteiger partial charge >= 0.3 is 11.9 Å². The number of hydrogen-bond acceptors (Lipinski definition) is 4. The summed E-state index contributed by atoms with van der Waals surface area (Å²) in [7, 11) is 2.63. The van der Waals surface area contributed by atoms with E-state index in [1.54, 1.807) is 0 Å². The smallest absolute Gasteiger partial charge is 0.355 e. The first-order valence-electron chi connectivity index (χ1n) is 6.49. The Morgan fingerprint density at radius 3 is 2.60 bits per heavy atom. The van der Waals surface area contributed by atoms with E-state index in [0.29, 0.717) is 17.8 Å². The highest BCUT2D eigenvalue weighted by Crippen LogP contribution is 2.33. The lowest BCUT2D eigenvalue weighted by Crippen LogP contribution is -2.17. The van der Waals surface area contributed by atoms with E-state index < -0.39 is 11.9 Å². The highest BCUT2D eigenvalue weighted by atomic mass is 16.5. The molecule has 3 rings (SSSR count). The summed E-state index contributed by atoms with van der Waals surface area (Å²) in [5.74, 6) is -1.01. The van der Waals surface area contributed by atoms with Gasteiger partial charge < -0.3 is 14.0 Å². The van der Waals surface area contributed by atoms with E-state index in [4.69, 9.17) is 9.47 Å². The average molecular weight is 273 g/mol. The van der Waals surface area contributed by atoms with Crippen molar-refractivity contribution in [3.05, 3.63) is 35.0 Å². The van der Waals surface area contributed by atoms with Crippen molar-refractivity contribution in [2.45, 2.75) is 19.4 Å². The zero-order chi connectivity index (χ0) is 14.3. The Morgan fingerprint density at radius 1 is 1.15 bits per heavy atom. The van der Waals surface area contributed by atoms with Crippen LogP contribution >= 0.6 is 0 Å². The number of hydrogen-bond donors (Lipinski definition) is 0. The Labute approximate surface area is 116 Å². The van der Waals surface area contributed by atoms with Crippen LogP contribution in [0.3, 0.4) is 0 Å². The molecule has 0 fully saturated rings. The van der Waals surface area contributed by atoms with E-state index in [9.17, 15) is 9.59 Å². The number of carbonyl (C=O) groups excluding carboxylic acids is 2. The third-order valence-corrected chi connectivity index (χ3v) is 3.76.